The average Bonchev–Trinajstić information content (AvgIpc) is 2.85. The quantitative estimate of drug-likeness (QED) is 0.719. The van der Waals surface area contributed by atoms with Gasteiger partial charge in [0.25, 0.3) is 0 Å². The number of hydrogen-bond donors (Lipinski definition) is 0. The van der Waals surface area contributed by atoms with Crippen LogP contribution in [0.25, 0.3) is 6.08 Å². The van der Waals surface area contributed by atoms with E-state index in [0.717, 1.165) is 24.7 Å². The Morgan fingerprint density at radius 1 is 1.13 bits per heavy atom. The number of nitrogens with zero attached hydrogens (tertiary/aromatic N) is 1. The van der Waals surface area contributed by atoms with E-state index in [9.17, 15) is 4.79 Å². The fraction of sp³-hybridized carbons (Fsp3) is 0.286. The molecule has 2 aromatic rings. The Kier molecular flexibility index (Phi) is 3.33. The first-order chi connectivity index (χ1) is 11.2. The number of carbonyl (C=O) groups is 1. The minimum absolute atomic E-state index is 0.393. The summed E-state index contributed by atoms with van der Waals surface area (Å²) in [6, 6.07) is 13.2. The van der Waals surface area contributed by atoms with Crippen molar-refractivity contribution in [3.63, 3.8) is 0 Å². The van der Waals surface area contributed by atoms with Crippen molar-refractivity contribution in [1.29, 1.82) is 0 Å². The molecule has 0 aromatic heterocycles. The first-order valence-corrected chi connectivity index (χ1v) is 8.37. The molecule has 2 heteroatoms. The highest BCUT2D eigenvalue weighted by molar-refractivity contribution is 5.81. The zero-order chi connectivity index (χ0) is 16.0. The number of aryl methyl sites for hydroxylation is 1. The summed E-state index contributed by atoms with van der Waals surface area (Å²) in [5.74, 6) is 0.417. The van der Waals surface area contributed by atoms with Gasteiger partial charge in [0.05, 0.1) is 0 Å². The molecule has 116 valence electrons. The SMILES string of the molecule is CC1c2cc(C=O)ccc2N(c2ccc3c(c2)CCC=C3)C1C. The molecule has 1 heterocycles. The van der Waals surface area contributed by atoms with Crippen LogP contribution >= 0.6 is 0 Å². The summed E-state index contributed by atoms with van der Waals surface area (Å²) in [4.78, 5) is 13.5. The predicted octanol–water partition coefficient (Wildman–Crippen LogP) is 5.10. The zero-order valence-corrected chi connectivity index (χ0v) is 13.6. The number of hydrogen-bond acceptors (Lipinski definition) is 2. The van der Waals surface area contributed by atoms with Crippen molar-refractivity contribution in [2.75, 3.05) is 4.90 Å². The van der Waals surface area contributed by atoms with Crippen molar-refractivity contribution in [1.82, 2.24) is 0 Å². The van der Waals surface area contributed by atoms with Gasteiger partial charge in [0.1, 0.15) is 6.29 Å². The second-order valence-corrected chi connectivity index (χ2v) is 6.66. The highest BCUT2D eigenvalue weighted by atomic mass is 16.1. The second-order valence-electron chi connectivity index (χ2n) is 6.66. The summed E-state index contributed by atoms with van der Waals surface area (Å²) in [6.45, 7) is 4.52. The van der Waals surface area contributed by atoms with E-state index < -0.39 is 0 Å². The summed E-state index contributed by atoms with van der Waals surface area (Å²) in [5.41, 5.74) is 7.32. The maximum Gasteiger partial charge on any atom is 0.150 e. The molecule has 0 N–H and O–H groups in total. The van der Waals surface area contributed by atoms with E-state index in [1.165, 1.54) is 28.1 Å². The van der Waals surface area contributed by atoms with Crippen molar-refractivity contribution in [2.45, 2.75) is 38.6 Å². The fourth-order valence-electron chi connectivity index (χ4n) is 3.88. The highest BCUT2D eigenvalue weighted by Gasteiger charge is 2.33. The molecular weight excluding hydrogens is 282 g/mol. The van der Waals surface area contributed by atoms with Crippen LogP contribution in [0.3, 0.4) is 0 Å². The molecule has 0 radical (unpaired) electrons. The largest absolute Gasteiger partial charge is 0.338 e. The lowest BCUT2D eigenvalue weighted by atomic mass is 9.96. The van der Waals surface area contributed by atoms with Gasteiger partial charge in [-0.25, -0.2) is 0 Å². The molecule has 23 heavy (non-hydrogen) atoms. The molecule has 0 bridgehead atoms. The molecule has 0 fully saturated rings. The Morgan fingerprint density at radius 2 is 2.00 bits per heavy atom. The van der Waals surface area contributed by atoms with E-state index in [-0.39, 0.29) is 0 Å². The van der Waals surface area contributed by atoms with Crippen molar-refractivity contribution < 1.29 is 4.79 Å². The van der Waals surface area contributed by atoms with Crippen LogP contribution in [-0.2, 0) is 6.42 Å². The predicted molar refractivity (Wildman–Crippen MR) is 95.6 cm³/mol. The van der Waals surface area contributed by atoms with Crippen molar-refractivity contribution in [3.05, 3.63) is 64.7 Å². The van der Waals surface area contributed by atoms with Crippen LogP contribution in [0.1, 0.15) is 53.2 Å². The molecule has 2 atom stereocenters. The van der Waals surface area contributed by atoms with Gasteiger partial charge in [-0.05, 0) is 66.8 Å². The van der Waals surface area contributed by atoms with Gasteiger partial charge in [-0.1, -0.05) is 25.1 Å². The van der Waals surface area contributed by atoms with Crippen molar-refractivity contribution in [2.24, 2.45) is 0 Å². The van der Waals surface area contributed by atoms with Crippen molar-refractivity contribution >= 4 is 23.7 Å². The van der Waals surface area contributed by atoms with Gasteiger partial charge in [0.15, 0.2) is 0 Å². The fourth-order valence-corrected chi connectivity index (χ4v) is 3.88. The van der Waals surface area contributed by atoms with Crippen LogP contribution in [0.15, 0.2) is 42.5 Å². The van der Waals surface area contributed by atoms with E-state index in [2.05, 4.69) is 55.2 Å². The van der Waals surface area contributed by atoms with E-state index in [0.29, 0.717) is 12.0 Å². The van der Waals surface area contributed by atoms with Crippen LogP contribution in [0.2, 0.25) is 0 Å². The third kappa shape index (κ3) is 2.21. The number of allylic oxidation sites excluding steroid dienone is 1. The minimum Gasteiger partial charge on any atom is -0.338 e. The zero-order valence-electron chi connectivity index (χ0n) is 13.6. The van der Waals surface area contributed by atoms with Crippen LogP contribution in [-0.4, -0.2) is 12.3 Å². The minimum atomic E-state index is 0.393. The normalized spacial score (nSPS) is 21.9. The molecule has 0 saturated heterocycles. The molecular formula is C21H21NO. The summed E-state index contributed by atoms with van der Waals surface area (Å²) >= 11 is 0. The highest BCUT2D eigenvalue weighted by Crippen LogP contribution is 2.45. The Labute approximate surface area is 137 Å². The Bertz CT molecular complexity index is 805. The molecule has 0 amide bonds. The van der Waals surface area contributed by atoms with E-state index >= 15 is 0 Å². The third-order valence-electron chi connectivity index (χ3n) is 5.35. The number of carbonyl (C=O) groups excluding carboxylic acids is 1. The van der Waals surface area contributed by atoms with E-state index in [1.54, 1.807) is 0 Å². The Balaban J connectivity index is 1.81. The summed E-state index contributed by atoms with van der Waals surface area (Å²) in [7, 11) is 0. The third-order valence-corrected chi connectivity index (χ3v) is 5.35. The van der Waals surface area contributed by atoms with Gasteiger partial charge in [0, 0.05) is 28.9 Å². The second kappa shape index (κ2) is 5.38. The van der Waals surface area contributed by atoms with Gasteiger partial charge in [0.2, 0.25) is 0 Å². The lowest BCUT2D eigenvalue weighted by Crippen LogP contribution is -2.26. The first kappa shape index (κ1) is 14.3. The molecule has 2 aliphatic rings. The maximum atomic E-state index is 11.1. The number of anilines is 2. The van der Waals surface area contributed by atoms with Crippen LogP contribution < -0.4 is 4.90 Å². The topological polar surface area (TPSA) is 20.3 Å². The number of fused-ring (bicyclic) bond motifs is 2. The molecule has 1 aliphatic carbocycles. The van der Waals surface area contributed by atoms with Gasteiger partial charge in [-0.15, -0.1) is 0 Å². The van der Waals surface area contributed by atoms with Gasteiger partial charge < -0.3 is 4.90 Å². The standard InChI is InChI=1S/C21H21NO/c1-14-15(2)22(21-10-7-16(13-23)11-20(14)21)19-9-8-17-5-3-4-6-18(17)12-19/h3,5,7-15H,4,6H2,1-2H3. The molecule has 0 saturated carbocycles. The molecule has 2 aromatic carbocycles. The number of rotatable bonds is 2. The number of benzene rings is 2. The van der Waals surface area contributed by atoms with E-state index in [4.69, 9.17) is 0 Å². The smallest absolute Gasteiger partial charge is 0.150 e. The van der Waals surface area contributed by atoms with E-state index in [1.807, 2.05) is 12.1 Å². The lowest BCUT2D eigenvalue weighted by molar-refractivity contribution is 0.112. The van der Waals surface area contributed by atoms with Gasteiger partial charge in [-0.3, -0.25) is 4.79 Å². The van der Waals surface area contributed by atoms with Crippen LogP contribution in [0.4, 0.5) is 11.4 Å². The molecule has 4 rings (SSSR count). The molecule has 2 nitrogen and oxygen atoms in total. The summed E-state index contributed by atoms with van der Waals surface area (Å²) in [5, 5.41) is 0. The van der Waals surface area contributed by atoms with Gasteiger partial charge in [-0.2, -0.15) is 0 Å². The molecule has 1 aliphatic heterocycles. The van der Waals surface area contributed by atoms with Crippen LogP contribution in [0, 0.1) is 0 Å². The lowest BCUT2D eigenvalue weighted by Gasteiger charge is -2.28. The molecule has 2 unspecified atom stereocenters. The maximum absolute atomic E-state index is 11.1. The summed E-state index contributed by atoms with van der Waals surface area (Å²) in [6.07, 6.45) is 7.66. The summed E-state index contributed by atoms with van der Waals surface area (Å²) < 4.78 is 0. The Hall–Kier alpha value is -2.35. The van der Waals surface area contributed by atoms with Crippen LogP contribution in [0.5, 0.6) is 0 Å². The van der Waals surface area contributed by atoms with Crippen molar-refractivity contribution in [3.8, 4) is 0 Å². The first-order valence-electron chi connectivity index (χ1n) is 8.37. The Morgan fingerprint density at radius 3 is 2.83 bits per heavy atom. The number of aldehydes is 1. The monoisotopic (exact) mass is 303 g/mol. The molecule has 0 spiro atoms. The van der Waals surface area contributed by atoms with Gasteiger partial charge >= 0.3 is 0 Å². The average molecular weight is 303 g/mol.